The van der Waals surface area contributed by atoms with E-state index in [9.17, 15) is 14.0 Å². The minimum Gasteiger partial charge on any atom is -0.484 e. The third-order valence-electron chi connectivity index (χ3n) is 4.79. The molecule has 3 aromatic carbocycles. The van der Waals surface area contributed by atoms with Gasteiger partial charge in [-0.15, -0.1) is 0 Å². The van der Waals surface area contributed by atoms with Crippen LogP contribution in [0.3, 0.4) is 0 Å². The number of hydrogen-bond acceptors (Lipinski definition) is 4. The van der Waals surface area contributed by atoms with Gasteiger partial charge in [0.05, 0.1) is 12.0 Å². The molecule has 6 nitrogen and oxygen atoms in total. The maximum atomic E-state index is 13.0. The van der Waals surface area contributed by atoms with Gasteiger partial charge in [-0.25, -0.2) is 9.37 Å². The lowest BCUT2D eigenvalue weighted by atomic mass is 10.1. The van der Waals surface area contributed by atoms with E-state index in [1.54, 1.807) is 12.1 Å². The Balaban J connectivity index is 1.28. The van der Waals surface area contributed by atoms with E-state index in [2.05, 4.69) is 10.3 Å². The van der Waals surface area contributed by atoms with Crippen molar-refractivity contribution in [3.63, 3.8) is 0 Å². The molecule has 0 aliphatic carbocycles. The van der Waals surface area contributed by atoms with Crippen molar-refractivity contribution in [3.05, 3.63) is 95.3 Å². The number of halogens is 1. The smallest absolute Gasteiger partial charge is 0.258 e. The molecule has 1 aromatic heterocycles. The number of amides is 1. The number of benzene rings is 3. The molecule has 1 amide bonds. The Morgan fingerprint density at radius 1 is 1.00 bits per heavy atom. The van der Waals surface area contributed by atoms with Crippen molar-refractivity contribution < 1.29 is 13.9 Å². The Hall–Kier alpha value is -4.00. The largest absolute Gasteiger partial charge is 0.484 e. The third-order valence-corrected chi connectivity index (χ3v) is 4.79. The summed E-state index contributed by atoms with van der Waals surface area (Å²) in [6, 6.07) is 20.7. The van der Waals surface area contributed by atoms with Gasteiger partial charge in [-0.05, 0) is 47.2 Å². The molecule has 4 aromatic rings. The molecule has 156 valence electrons. The second kappa shape index (κ2) is 9.21. The summed E-state index contributed by atoms with van der Waals surface area (Å²) in [5, 5.41) is 4.86. The number of ether oxygens (including phenoxy) is 1. The average molecular weight is 417 g/mol. The van der Waals surface area contributed by atoms with Gasteiger partial charge >= 0.3 is 0 Å². The highest BCUT2D eigenvalue weighted by molar-refractivity contribution is 5.84. The second-order valence-corrected chi connectivity index (χ2v) is 6.96. The summed E-state index contributed by atoms with van der Waals surface area (Å²) in [5.41, 5.74) is 0.870. The molecule has 0 unspecified atom stereocenters. The van der Waals surface area contributed by atoms with Crippen LogP contribution in [0, 0.1) is 5.82 Å². The van der Waals surface area contributed by atoms with Gasteiger partial charge in [0.25, 0.3) is 11.5 Å². The quantitative estimate of drug-likeness (QED) is 0.500. The van der Waals surface area contributed by atoms with Crippen LogP contribution in [0.4, 0.5) is 4.39 Å². The first-order valence-corrected chi connectivity index (χ1v) is 9.79. The molecule has 0 saturated carbocycles. The maximum absolute atomic E-state index is 13.0. The lowest BCUT2D eigenvalue weighted by Gasteiger charge is -2.10. The molecule has 7 heteroatoms. The van der Waals surface area contributed by atoms with E-state index in [0.29, 0.717) is 17.0 Å². The first kappa shape index (κ1) is 20.3. The summed E-state index contributed by atoms with van der Waals surface area (Å²) < 4.78 is 20.0. The Bertz CT molecular complexity index is 1270. The van der Waals surface area contributed by atoms with Gasteiger partial charge in [-0.3, -0.25) is 14.2 Å². The fourth-order valence-electron chi connectivity index (χ4n) is 3.15. The van der Waals surface area contributed by atoms with E-state index in [0.717, 1.165) is 10.8 Å². The molecule has 31 heavy (non-hydrogen) atoms. The fourth-order valence-corrected chi connectivity index (χ4v) is 3.15. The Morgan fingerprint density at radius 3 is 2.55 bits per heavy atom. The number of aromatic nitrogens is 2. The molecule has 0 spiro atoms. The van der Waals surface area contributed by atoms with E-state index < -0.39 is 0 Å². The lowest BCUT2D eigenvalue weighted by Crippen LogP contribution is -2.33. The van der Waals surface area contributed by atoms with Crippen LogP contribution in [0.2, 0.25) is 0 Å². The molecule has 0 aliphatic heterocycles. The van der Waals surface area contributed by atoms with Crippen molar-refractivity contribution in [2.45, 2.75) is 6.54 Å². The van der Waals surface area contributed by atoms with Crippen molar-refractivity contribution in [1.82, 2.24) is 14.9 Å². The van der Waals surface area contributed by atoms with Gasteiger partial charge in [0.1, 0.15) is 11.6 Å². The molecular formula is C24H20FN3O3. The molecule has 0 saturated heterocycles. The predicted octanol–water partition coefficient (Wildman–Crippen LogP) is 3.40. The third kappa shape index (κ3) is 5.14. The van der Waals surface area contributed by atoms with Crippen molar-refractivity contribution in [3.8, 4) is 17.0 Å². The van der Waals surface area contributed by atoms with Crippen LogP contribution in [0.15, 0.2) is 83.9 Å². The number of nitrogens with one attached hydrogen (secondary N) is 1. The molecule has 0 radical (unpaired) electrons. The van der Waals surface area contributed by atoms with Crippen molar-refractivity contribution in [2.24, 2.45) is 0 Å². The van der Waals surface area contributed by atoms with E-state index in [-0.39, 0.29) is 37.0 Å². The molecule has 1 heterocycles. The highest BCUT2D eigenvalue weighted by Crippen LogP contribution is 2.20. The summed E-state index contributed by atoms with van der Waals surface area (Å²) in [6.07, 6.45) is 1.42. The summed E-state index contributed by atoms with van der Waals surface area (Å²) >= 11 is 0. The Labute approximate surface area is 177 Å². The molecule has 0 atom stereocenters. The maximum Gasteiger partial charge on any atom is 0.258 e. The number of carbonyl (C=O) groups excluding carboxylic acids is 1. The second-order valence-electron chi connectivity index (χ2n) is 6.96. The average Bonchev–Trinajstić information content (AvgIpc) is 2.79. The van der Waals surface area contributed by atoms with Crippen molar-refractivity contribution in [1.29, 1.82) is 0 Å². The van der Waals surface area contributed by atoms with Gasteiger partial charge in [-0.2, -0.15) is 0 Å². The van der Waals surface area contributed by atoms with Gasteiger partial charge in [-0.1, -0.05) is 30.3 Å². The number of hydrogen-bond donors (Lipinski definition) is 1. The fraction of sp³-hybridized carbons (Fsp3) is 0.125. The van der Waals surface area contributed by atoms with Gasteiger partial charge in [0, 0.05) is 24.7 Å². The van der Waals surface area contributed by atoms with Crippen LogP contribution >= 0.6 is 0 Å². The minimum absolute atomic E-state index is 0.116. The summed E-state index contributed by atoms with van der Waals surface area (Å²) in [5.74, 6) is -0.0137. The van der Waals surface area contributed by atoms with E-state index >= 15 is 0 Å². The number of carbonyl (C=O) groups is 1. The zero-order valence-electron chi connectivity index (χ0n) is 16.6. The van der Waals surface area contributed by atoms with Crippen LogP contribution < -0.4 is 15.6 Å². The minimum atomic E-state index is -0.350. The summed E-state index contributed by atoms with van der Waals surface area (Å²) in [6.45, 7) is 0.420. The Morgan fingerprint density at radius 2 is 1.77 bits per heavy atom. The molecule has 0 aliphatic rings. The zero-order chi connectivity index (χ0) is 21.6. The predicted molar refractivity (Wildman–Crippen MR) is 116 cm³/mol. The molecule has 0 fully saturated rings. The first-order chi connectivity index (χ1) is 15.1. The summed E-state index contributed by atoms with van der Waals surface area (Å²) in [4.78, 5) is 28.6. The number of fused-ring (bicyclic) bond motifs is 1. The van der Waals surface area contributed by atoms with Gasteiger partial charge in [0.15, 0.2) is 6.61 Å². The normalized spacial score (nSPS) is 10.7. The van der Waals surface area contributed by atoms with Crippen LogP contribution in [-0.2, 0) is 11.3 Å². The first-order valence-electron chi connectivity index (χ1n) is 9.79. The van der Waals surface area contributed by atoms with Crippen LogP contribution in [0.1, 0.15) is 0 Å². The topological polar surface area (TPSA) is 73.2 Å². The highest BCUT2D eigenvalue weighted by Gasteiger charge is 2.06. The zero-order valence-corrected chi connectivity index (χ0v) is 16.6. The van der Waals surface area contributed by atoms with E-state index in [1.165, 1.54) is 29.1 Å². The molecular weight excluding hydrogens is 397 g/mol. The number of rotatable bonds is 7. The van der Waals surface area contributed by atoms with Crippen LogP contribution in [0.25, 0.3) is 22.0 Å². The van der Waals surface area contributed by atoms with Crippen molar-refractivity contribution in [2.75, 3.05) is 13.2 Å². The highest BCUT2D eigenvalue weighted by atomic mass is 19.1. The van der Waals surface area contributed by atoms with E-state index in [4.69, 9.17) is 4.74 Å². The standard InChI is InChI=1S/C24H20FN3O3/c25-20-8-5-18(6-9-20)22-14-24(30)28(16-27-22)12-11-26-23(29)15-31-21-10-7-17-3-1-2-4-19(17)13-21/h1-10,13-14,16H,11-12,15H2,(H,26,29). The summed E-state index contributed by atoms with van der Waals surface area (Å²) in [7, 11) is 0. The lowest BCUT2D eigenvalue weighted by molar-refractivity contribution is -0.123. The monoisotopic (exact) mass is 417 g/mol. The Kier molecular flexibility index (Phi) is 6.03. The molecule has 4 rings (SSSR count). The van der Waals surface area contributed by atoms with Gasteiger partial charge in [0.2, 0.25) is 0 Å². The van der Waals surface area contributed by atoms with Crippen LogP contribution in [-0.4, -0.2) is 28.6 Å². The molecule has 1 N–H and O–H groups in total. The molecule has 0 bridgehead atoms. The number of nitrogens with zero attached hydrogens (tertiary/aromatic N) is 2. The van der Waals surface area contributed by atoms with Crippen molar-refractivity contribution >= 4 is 16.7 Å². The SMILES string of the molecule is O=C(COc1ccc2ccccc2c1)NCCn1cnc(-c2ccc(F)cc2)cc1=O. The van der Waals surface area contributed by atoms with E-state index in [1.807, 2.05) is 42.5 Å². The van der Waals surface area contributed by atoms with Gasteiger partial charge < -0.3 is 10.1 Å². The van der Waals surface area contributed by atoms with Crippen LogP contribution in [0.5, 0.6) is 5.75 Å².